The molecule has 0 radical (unpaired) electrons. The Morgan fingerprint density at radius 1 is 0.923 bits per heavy atom. The molecule has 0 saturated heterocycles. The number of halogens is 1. The van der Waals surface area contributed by atoms with E-state index in [-0.39, 0.29) is 5.82 Å². The quantitative estimate of drug-likeness (QED) is 0.502. The first-order valence-corrected chi connectivity index (χ1v) is 8.46. The molecule has 3 nitrogen and oxygen atoms in total. The van der Waals surface area contributed by atoms with Gasteiger partial charge in [0, 0.05) is 17.1 Å². The van der Waals surface area contributed by atoms with Crippen LogP contribution in [0.5, 0.6) is 0 Å². The van der Waals surface area contributed by atoms with E-state index in [0.717, 1.165) is 39.4 Å². The van der Waals surface area contributed by atoms with Crippen LogP contribution in [-0.2, 0) is 0 Å². The van der Waals surface area contributed by atoms with E-state index < -0.39 is 0 Å². The van der Waals surface area contributed by atoms with Crippen LogP contribution in [-0.4, -0.2) is 14.5 Å². The second-order valence-electron chi connectivity index (χ2n) is 6.26. The summed E-state index contributed by atoms with van der Waals surface area (Å²) >= 11 is 0. The van der Waals surface area contributed by atoms with Gasteiger partial charge in [-0.05, 0) is 68.0 Å². The molecule has 26 heavy (non-hydrogen) atoms. The summed E-state index contributed by atoms with van der Waals surface area (Å²) in [6.45, 7) is 4.10. The minimum atomic E-state index is -0.230. The van der Waals surface area contributed by atoms with Gasteiger partial charge < -0.3 is 4.57 Å². The molecule has 0 aliphatic rings. The molecule has 4 aromatic rings. The zero-order valence-corrected chi connectivity index (χ0v) is 14.6. The van der Waals surface area contributed by atoms with E-state index in [0.29, 0.717) is 0 Å². The average Bonchev–Trinajstić information content (AvgIpc) is 2.94. The molecule has 128 valence electrons. The van der Waals surface area contributed by atoms with Gasteiger partial charge in [-0.25, -0.2) is 9.37 Å². The maximum absolute atomic E-state index is 13.2. The Bertz CT molecular complexity index is 1110. The summed E-state index contributed by atoms with van der Waals surface area (Å²) in [5, 5.41) is 0. The van der Waals surface area contributed by atoms with Crippen molar-refractivity contribution in [3.8, 4) is 5.69 Å². The summed E-state index contributed by atoms with van der Waals surface area (Å²) in [6, 6.07) is 16.5. The summed E-state index contributed by atoms with van der Waals surface area (Å²) in [5.41, 5.74) is 6.83. The number of hydrogen-bond donors (Lipinski definition) is 0. The van der Waals surface area contributed by atoms with Gasteiger partial charge in [0.2, 0.25) is 0 Å². The molecule has 0 bridgehead atoms. The molecule has 4 heteroatoms. The van der Waals surface area contributed by atoms with Gasteiger partial charge in [0.1, 0.15) is 5.82 Å². The highest BCUT2D eigenvalue weighted by Crippen LogP contribution is 2.23. The molecule has 2 heterocycles. The fraction of sp³-hybridized carbons (Fsp3) is 0.0909. The largest absolute Gasteiger partial charge is 0.318 e. The van der Waals surface area contributed by atoms with E-state index in [4.69, 9.17) is 0 Å². The number of hydrogen-bond acceptors (Lipinski definition) is 2. The average molecular weight is 343 g/mol. The Kier molecular flexibility index (Phi) is 4.09. The summed E-state index contributed by atoms with van der Waals surface area (Å²) < 4.78 is 15.3. The fourth-order valence-corrected chi connectivity index (χ4v) is 3.17. The highest BCUT2D eigenvalue weighted by molar-refractivity contribution is 5.77. The van der Waals surface area contributed by atoms with Crippen LogP contribution in [0.1, 0.15) is 22.6 Å². The normalized spacial score (nSPS) is 11.5. The number of fused-ring (bicyclic) bond motifs is 1. The molecule has 0 N–H and O–H groups in total. The standard InChI is InChI=1S/C22H18FN3/c1-15-13-17(16(2)26(15)20-11-8-18(23)9-12-20)7-10-19-14-24-21-5-3-4-6-22(21)25-19/h3-14H,1-2H3/b10-7+. The van der Waals surface area contributed by atoms with Crippen molar-refractivity contribution in [2.45, 2.75) is 13.8 Å². The predicted molar refractivity (Wildman–Crippen MR) is 104 cm³/mol. The molecule has 0 atom stereocenters. The molecule has 2 aromatic heterocycles. The van der Waals surface area contributed by atoms with Crippen molar-refractivity contribution in [2.75, 3.05) is 0 Å². The number of benzene rings is 2. The van der Waals surface area contributed by atoms with E-state index >= 15 is 0 Å². The lowest BCUT2D eigenvalue weighted by atomic mass is 10.2. The van der Waals surface area contributed by atoms with E-state index in [1.165, 1.54) is 12.1 Å². The topological polar surface area (TPSA) is 30.7 Å². The molecule has 0 aliphatic heterocycles. The monoisotopic (exact) mass is 343 g/mol. The number of para-hydroxylation sites is 2. The van der Waals surface area contributed by atoms with Crippen LogP contribution in [0.15, 0.2) is 60.8 Å². The Labute approximate surface area is 151 Å². The van der Waals surface area contributed by atoms with Crippen molar-refractivity contribution < 1.29 is 4.39 Å². The first-order chi connectivity index (χ1) is 12.6. The Hall–Kier alpha value is -3.27. The van der Waals surface area contributed by atoms with Crippen LogP contribution in [0.4, 0.5) is 4.39 Å². The lowest BCUT2D eigenvalue weighted by Gasteiger charge is -2.09. The first-order valence-electron chi connectivity index (χ1n) is 8.46. The Morgan fingerprint density at radius 3 is 2.42 bits per heavy atom. The Balaban J connectivity index is 1.68. The van der Waals surface area contributed by atoms with E-state index in [1.807, 2.05) is 43.3 Å². The van der Waals surface area contributed by atoms with Gasteiger partial charge in [-0.2, -0.15) is 0 Å². The number of aromatic nitrogens is 3. The van der Waals surface area contributed by atoms with Crippen molar-refractivity contribution in [3.05, 3.63) is 89.3 Å². The van der Waals surface area contributed by atoms with E-state index in [9.17, 15) is 4.39 Å². The lowest BCUT2D eigenvalue weighted by molar-refractivity contribution is 0.627. The van der Waals surface area contributed by atoms with Gasteiger partial charge in [0.25, 0.3) is 0 Å². The molecular formula is C22H18FN3. The van der Waals surface area contributed by atoms with E-state index in [1.54, 1.807) is 18.3 Å². The van der Waals surface area contributed by atoms with Crippen LogP contribution >= 0.6 is 0 Å². The highest BCUT2D eigenvalue weighted by Gasteiger charge is 2.09. The minimum absolute atomic E-state index is 0.230. The molecule has 0 fully saturated rings. The zero-order chi connectivity index (χ0) is 18.1. The molecule has 0 saturated carbocycles. The third-order valence-corrected chi connectivity index (χ3v) is 4.46. The second kappa shape index (κ2) is 6.56. The van der Waals surface area contributed by atoms with Gasteiger partial charge in [-0.1, -0.05) is 18.2 Å². The van der Waals surface area contributed by atoms with E-state index in [2.05, 4.69) is 27.5 Å². The van der Waals surface area contributed by atoms with Crippen molar-refractivity contribution in [2.24, 2.45) is 0 Å². The van der Waals surface area contributed by atoms with Gasteiger partial charge in [0.05, 0.1) is 22.9 Å². The molecule has 0 aliphatic carbocycles. The lowest BCUT2D eigenvalue weighted by Crippen LogP contribution is -1.98. The van der Waals surface area contributed by atoms with Crippen molar-refractivity contribution in [1.29, 1.82) is 0 Å². The van der Waals surface area contributed by atoms with Crippen molar-refractivity contribution in [1.82, 2.24) is 14.5 Å². The molecule has 4 rings (SSSR count). The maximum atomic E-state index is 13.2. The Morgan fingerprint density at radius 2 is 1.65 bits per heavy atom. The second-order valence-corrected chi connectivity index (χ2v) is 6.26. The number of nitrogens with zero attached hydrogens (tertiary/aromatic N) is 3. The summed E-state index contributed by atoms with van der Waals surface area (Å²) in [5.74, 6) is -0.230. The molecule has 0 amide bonds. The summed E-state index contributed by atoms with van der Waals surface area (Å²) in [6.07, 6.45) is 5.79. The van der Waals surface area contributed by atoms with Gasteiger partial charge >= 0.3 is 0 Å². The van der Waals surface area contributed by atoms with Crippen molar-refractivity contribution in [3.63, 3.8) is 0 Å². The molecule has 0 unspecified atom stereocenters. The van der Waals surface area contributed by atoms with Gasteiger partial charge in [-0.15, -0.1) is 0 Å². The van der Waals surface area contributed by atoms with Crippen LogP contribution in [0, 0.1) is 19.7 Å². The smallest absolute Gasteiger partial charge is 0.123 e. The summed E-state index contributed by atoms with van der Waals surface area (Å²) in [4.78, 5) is 9.06. The SMILES string of the molecule is Cc1cc(/C=C/c2cnc3ccccc3n2)c(C)n1-c1ccc(F)cc1. The zero-order valence-electron chi connectivity index (χ0n) is 14.6. The minimum Gasteiger partial charge on any atom is -0.318 e. The van der Waals surface area contributed by atoms with Gasteiger partial charge in [0.15, 0.2) is 0 Å². The molecular weight excluding hydrogens is 325 g/mol. The van der Waals surface area contributed by atoms with Crippen LogP contribution in [0.25, 0.3) is 28.9 Å². The molecule has 0 spiro atoms. The number of aryl methyl sites for hydroxylation is 1. The van der Waals surface area contributed by atoms with Crippen LogP contribution in [0.3, 0.4) is 0 Å². The fourth-order valence-electron chi connectivity index (χ4n) is 3.17. The van der Waals surface area contributed by atoms with Crippen molar-refractivity contribution >= 4 is 23.2 Å². The molecule has 2 aromatic carbocycles. The van der Waals surface area contributed by atoms with Gasteiger partial charge in [-0.3, -0.25) is 4.98 Å². The maximum Gasteiger partial charge on any atom is 0.123 e. The third-order valence-electron chi connectivity index (χ3n) is 4.46. The number of rotatable bonds is 3. The van der Waals surface area contributed by atoms with Crippen LogP contribution in [0.2, 0.25) is 0 Å². The predicted octanol–water partition coefficient (Wildman–Crippen LogP) is 5.35. The first kappa shape index (κ1) is 16.2. The highest BCUT2D eigenvalue weighted by atomic mass is 19.1. The third kappa shape index (κ3) is 3.02. The van der Waals surface area contributed by atoms with Crippen LogP contribution < -0.4 is 0 Å². The summed E-state index contributed by atoms with van der Waals surface area (Å²) in [7, 11) is 0.